The summed E-state index contributed by atoms with van der Waals surface area (Å²) in [5.41, 5.74) is 5.34. The van der Waals surface area contributed by atoms with E-state index < -0.39 is 24.4 Å². The minimum absolute atomic E-state index is 0.0264. The number of esters is 1. The molecule has 0 unspecified atom stereocenters. The van der Waals surface area contributed by atoms with Crippen molar-refractivity contribution in [2.75, 3.05) is 13.2 Å². The normalized spacial score (nSPS) is 11.2. The van der Waals surface area contributed by atoms with Crippen LogP contribution in [-0.2, 0) is 19.1 Å². The fraction of sp³-hybridized carbons (Fsp3) is 0.250. The molecular weight excluding hydrogens is 384 g/mol. The number of halogens is 1. The number of carbonyl (C=O) groups is 3. The summed E-state index contributed by atoms with van der Waals surface area (Å²) >= 11 is 5.75. The number of hydrogen-bond donors (Lipinski definition) is 2. The van der Waals surface area contributed by atoms with Gasteiger partial charge in [0.1, 0.15) is 5.75 Å². The highest BCUT2D eigenvalue weighted by atomic mass is 35.5. The molecule has 0 spiro atoms. The third-order valence-corrected chi connectivity index (χ3v) is 3.98. The average molecular weight is 405 g/mol. The van der Waals surface area contributed by atoms with E-state index in [1.807, 2.05) is 37.3 Å². The Balaban J connectivity index is 1.61. The van der Waals surface area contributed by atoms with Crippen molar-refractivity contribution in [2.24, 2.45) is 0 Å². The molecule has 2 amide bonds. The molecule has 148 valence electrons. The van der Waals surface area contributed by atoms with Crippen LogP contribution in [0.1, 0.15) is 24.8 Å². The second-order valence-corrected chi connectivity index (χ2v) is 6.45. The van der Waals surface area contributed by atoms with Crippen molar-refractivity contribution in [3.8, 4) is 5.75 Å². The van der Waals surface area contributed by atoms with E-state index in [4.69, 9.17) is 21.1 Å². The molecule has 0 aliphatic heterocycles. The van der Waals surface area contributed by atoms with Crippen molar-refractivity contribution in [3.05, 3.63) is 65.2 Å². The van der Waals surface area contributed by atoms with Gasteiger partial charge in [0.2, 0.25) is 0 Å². The lowest BCUT2D eigenvalue weighted by molar-refractivity contribution is -0.149. The third kappa shape index (κ3) is 7.67. The second kappa shape index (κ2) is 10.9. The SMILES string of the molecule is C[C@@H](CC(=O)OCC(=O)NNC(=O)COc1ccc(Cl)cc1)c1ccccc1. The maximum absolute atomic E-state index is 11.8. The topological polar surface area (TPSA) is 93.7 Å². The van der Waals surface area contributed by atoms with Gasteiger partial charge in [-0.2, -0.15) is 0 Å². The Hall–Kier alpha value is -3.06. The first-order valence-electron chi connectivity index (χ1n) is 8.60. The fourth-order valence-corrected chi connectivity index (χ4v) is 2.37. The van der Waals surface area contributed by atoms with Gasteiger partial charge in [-0.15, -0.1) is 0 Å². The summed E-state index contributed by atoms with van der Waals surface area (Å²) in [4.78, 5) is 35.1. The Bertz CT molecular complexity index is 796. The van der Waals surface area contributed by atoms with E-state index in [-0.39, 0.29) is 18.9 Å². The first kappa shape index (κ1) is 21.2. The monoisotopic (exact) mass is 404 g/mol. The van der Waals surface area contributed by atoms with Crippen molar-refractivity contribution < 1.29 is 23.9 Å². The van der Waals surface area contributed by atoms with Gasteiger partial charge in [0.15, 0.2) is 13.2 Å². The molecule has 0 bridgehead atoms. The molecular formula is C20H21ClN2O5. The molecule has 2 aromatic carbocycles. The van der Waals surface area contributed by atoms with Gasteiger partial charge in [0.05, 0.1) is 6.42 Å². The summed E-state index contributed by atoms with van der Waals surface area (Å²) in [6.07, 6.45) is 0.151. The number of ether oxygens (including phenoxy) is 2. The van der Waals surface area contributed by atoms with Crippen LogP contribution in [0.4, 0.5) is 0 Å². The standard InChI is InChI=1S/C20H21ClN2O5/c1-14(15-5-3-2-4-6-15)11-20(26)28-13-19(25)23-22-18(24)12-27-17-9-7-16(21)8-10-17/h2-10,14H,11-13H2,1H3,(H,22,24)(H,23,25)/t14-/m0/s1. The van der Waals surface area contributed by atoms with Gasteiger partial charge < -0.3 is 9.47 Å². The number of benzene rings is 2. The quantitative estimate of drug-likeness (QED) is 0.521. The highest BCUT2D eigenvalue weighted by molar-refractivity contribution is 6.30. The van der Waals surface area contributed by atoms with Crippen molar-refractivity contribution >= 4 is 29.4 Å². The first-order valence-corrected chi connectivity index (χ1v) is 8.98. The van der Waals surface area contributed by atoms with E-state index in [9.17, 15) is 14.4 Å². The van der Waals surface area contributed by atoms with Gasteiger partial charge in [0.25, 0.3) is 11.8 Å². The lowest BCUT2D eigenvalue weighted by Crippen LogP contribution is -2.45. The van der Waals surface area contributed by atoms with Gasteiger partial charge in [-0.3, -0.25) is 25.2 Å². The average Bonchev–Trinajstić information content (AvgIpc) is 2.71. The van der Waals surface area contributed by atoms with Crippen LogP contribution in [-0.4, -0.2) is 31.0 Å². The van der Waals surface area contributed by atoms with E-state index in [0.29, 0.717) is 10.8 Å². The van der Waals surface area contributed by atoms with Crippen LogP contribution >= 0.6 is 11.6 Å². The molecule has 2 N–H and O–H groups in total. The van der Waals surface area contributed by atoms with Crippen LogP contribution in [0.5, 0.6) is 5.75 Å². The molecule has 0 aliphatic rings. The molecule has 7 nitrogen and oxygen atoms in total. The van der Waals surface area contributed by atoms with Crippen LogP contribution in [0.3, 0.4) is 0 Å². The van der Waals surface area contributed by atoms with Gasteiger partial charge in [-0.25, -0.2) is 0 Å². The summed E-state index contributed by atoms with van der Waals surface area (Å²) in [6.45, 7) is 1.12. The van der Waals surface area contributed by atoms with E-state index in [1.54, 1.807) is 24.3 Å². The molecule has 0 saturated heterocycles. The Labute approximate surface area is 167 Å². The predicted octanol–water partition coefficient (Wildman–Crippen LogP) is 2.60. The molecule has 0 saturated carbocycles. The van der Waals surface area contributed by atoms with E-state index in [2.05, 4.69) is 10.9 Å². The van der Waals surface area contributed by atoms with Crippen molar-refractivity contribution in [3.63, 3.8) is 0 Å². The van der Waals surface area contributed by atoms with Crippen LogP contribution in [0.25, 0.3) is 0 Å². The predicted molar refractivity (Wildman–Crippen MR) is 104 cm³/mol. The van der Waals surface area contributed by atoms with Crippen molar-refractivity contribution in [1.29, 1.82) is 0 Å². The van der Waals surface area contributed by atoms with Gasteiger partial charge in [-0.05, 0) is 35.7 Å². The number of hydrazine groups is 1. The largest absolute Gasteiger partial charge is 0.484 e. The minimum Gasteiger partial charge on any atom is -0.484 e. The number of nitrogens with one attached hydrogen (secondary N) is 2. The lowest BCUT2D eigenvalue weighted by Gasteiger charge is -2.12. The molecule has 0 aliphatic carbocycles. The molecule has 8 heteroatoms. The fourth-order valence-electron chi connectivity index (χ4n) is 2.25. The molecule has 1 atom stereocenters. The smallest absolute Gasteiger partial charge is 0.306 e. The highest BCUT2D eigenvalue weighted by Gasteiger charge is 2.14. The second-order valence-electron chi connectivity index (χ2n) is 6.02. The van der Waals surface area contributed by atoms with Crippen LogP contribution < -0.4 is 15.6 Å². The van der Waals surface area contributed by atoms with Crippen LogP contribution in [0.2, 0.25) is 5.02 Å². The Kier molecular flexibility index (Phi) is 8.30. The number of amides is 2. The first-order chi connectivity index (χ1) is 13.4. The number of hydrogen-bond acceptors (Lipinski definition) is 5. The van der Waals surface area contributed by atoms with Crippen LogP contribution in [0.15, 0.2) is 54.6 Å². The van der Waals surface area contributed by atoms with E-state index >= 15 is 0 Å². The third-order valence-electron chi connectivity index (χ3n) is 3.73. The molecule has 0 heterocycles. The Morgan fingerprint density at radius 3 is 2.18 bits per heavy atom. The zero-order valence-corrected chi connectivity index (χ0v) is 16.1. The maximum atomic E-state index is 11.8. The maximum Gasteiger partial charge on any atom is 0.306 e. The molecule has 2 rings (SSSR count). The summed E-state index contributed by atoms with van der Waals surface area (Å²) in [5, 5.41) is 0.553. The van der Waals surface area contributed by atoms with Gasteiger partial charge in [0, 0.05) is 5.02 Å². The summed E-state index contributed by atoms with van der Waals surface area (Å²) in [5.74, 6) is -1.27. The van der Waals surface area contributed by atoms with E-state index in [1.165, 1.54) is 0 Å². The van der Waals surface area contributed by atoms with Crippen molar-refractivity contribution in [2.45, 2.75) is 19.3 Å². The number of carbonyl (C=O) groups excluding carboxylic acids is 3. The van der Waals surface area contributed by atoms with Gasteiger partial charge >= 0.3 is 5.97 Å². The molecule has 28 heavy (non-hydrogen) atoms. The summed E-state index contributed by atoms with van der Waals surface area (Å²) in [6, 6.07) is 16.0. The van der Waals surface area contributed by atoms with Crippen LogP contribution in [0, 0.1) is 0 Å². The molecule has 2 aromatic rings. The molecule has 0 aromatic heterocycles. The van der Waals surface area contributed by atoms with E-state index in [0.717, 1.165) is 5.56 Å². The molecule has 0 radical (unpaired) electrons. The Morgan fingerprint density at radius 1 is 0.929 bits per heavy atom. The van der Waals surface area contributed by atoms with Gasteiger partial charge in [-0.1, -0.05) is 48.9 Å². The minimum atomic E-state index is -0.652. The zero-order valence-electron chi connectivity index (χ0n) is 15.3. The lowest BCUT2D eigenvalue weighted by atomic mass is 9.98. The summed E-state index contributed by atoms with van der Waals surface area (Å²) in [7, 11) is 0. The zero-order chi connectivity index (χ0) is 20.4. The Morgan fingerprint density at radius 2 is 1.54 bits per heavy atom. The van der Waals surface area contributed by atoms with Crippen molar-refractivity contribution in [1.82, 2.24) is 10.9 Å². The summed E-state index contributed by atoms with van der Waals surface area (Å²) < 4.78 is 10.2. The number of rotatable bonds is 8. The molecule has 0 fully saturated rings. The highest BCUT2D eigenvalue weighted by Crippen LogP contribution is 2.18.